The normalized spacial score (nSPS) is 13.8. The van der Waals surface area contributed by atoms with E-state index in [0.29, 0.717) is 17.4 Å². The molecule has 492 valence electrons. The SMILES string of the molecule is CCCCC/C=C\C/C=C\C/C=C\C/C=C\CCCCCCCC(=O)NC(COP(=O)([O-])OCC[N+](C)(C)C)C(/C=C/CCCCCCCCCCCC)OC(=O)CCCCCCCCCCCCCCCCCCCCCCCCCCC. The van der Waals surface area contributed by atoms with Crippen molar-refractivity contribution >= 4 is 19.7 Å². The Bertz CT molecular complexity index is 1620. The fraction of sp³-hybridized carbons (Fsp3) is 0.838. The molecule has 3 atom stereocenters. The molecule has 0 aliphatic carbocycles. The van der Waals surface area contributed by atoms with Crippen molar-refractivity contribution in [3.05, 3.63) is 60.8 Å². The van der Waals surface area contributed by atoms with Gasteiger partial charge in [-0.2, -0.15) is 0 Å². The van der Waals surface area contributed by atoms with Crippen LogP contribution in [-0.2, 0) is 27.9 Å². The van der Waals surface area contributed by atoms with E-state index in [2.05, 4.69) is 74.7 Å². The van der Waals surface area contributed by atoms with Crippen molar-refractivity contribution in [3.63, 3.8) is 0 Å². The van der Waals surface area contributed by atoms with Crippen molar-refractivity contribution in [3.8, 4) is 0 Å². The average molecular weight is 1200 g/mol. The van der Waals surface area contributed by atoms with Gasteiger partial charge in [0.05, 0.1) is 33.8 Å². The third kappa shape index (κ3) is 64.2. The predicted octanol–water partition coefficient (Wildman–Crippen LogP) is 22.3. The van der Waals surface area contributed by atoms with E-state index in [-0.39, 0.29) is 24.9 Å². The third-order valence-corrected chi connectivity index (χ3v) is 17.2. The van der Waals surface area contributed by atoms with Crippen molar-refractivity contribution in [2.24, 2.45) is 0 Å². The Morgan fingerprint density at radius 3 is 1.11 bits per heavy atom. The zero-order valence-electron chi connectivity index (χ0n) is 56.4. The maximum atomic E-state index is 13.6. The number of nitrogens with zero attached hydrogens (tertiary/aromatic N) is 1. The molecule has 0 rings (SSSR count). The molecular weight excluding hydrogens is 1060 g/mol. The van der Waals surface area contributed by atoms with E-state index in [1.807, 2.05) is 33.3 Å². The van der Waals surface area contributed by atoms with Gasteiger partial charge in [-0.15, -0.1) is 0 Å². The third-order valence-electron chi connectivity index (χ3n) is 16.2. The molecular formula is C74H139N2O7P. The number of rotatable bonds is 66. The van der Waals surface area contributed by atoms with E-state index in [4.69, 9.17) is 13.8 Å². The Morgan fingerprint density at radius 1 is 0.417 bits per heavy atom. The highest BCUT2D eigenvalue weighted by molar-refractivity contribution is 7.45. The molecule has 0 radical (unpaired) electrons. The van der Waals surface area contributed by atoms with Crippen LogP contribution in [0.2, 0.25) is 0 Å². The molecule has 0 aromatic heterocycles. The lowest BCUT2D eigenvalue weighted by Crippen LogP contribution is -2.47. The van der Waals surface area contributed by atoms with E-state index in [9.17, 15) is 19.0 Å². The molecule has 10 heteroatoms. The van der Waals surface area contributed by atoms with Gasteiger partial charge in [0, 0.05) is 12.8 Å². The van der Waals surface area contributed by atoms with Crippen molar-refractivity contribution in [2.75, 3.05) is 40.9 Å². The molecule has 1 amide bonds. The summed E-state index contributed by atoms with van der Waals surface area (Å²) >= 11 is 0. The van der Waals surface area contributed by atoms with Gasteiger partial charge in [0.1, 0.15) is 19.3 Å². The van der Waals surface area contributed by atoms with E-state index in [0.717, 1.165) is 96.3 Å². The summed E-state index contributed by atoms with van der Waals surface area (Å²) < 4.78 is 30.4. The number of likely N-dealkylation sites (N-methyl/N-ethyl adjacent to an activating group) is 1. The number of phosphoric acid groups is 1. The van der Waals surface area contributed by atoms with E-state index in [1.54, 1.807) is 0 Å². The number of quaternary nitrogens is 1. The molecule has 1 N–H and O–H groups in total. The van der Waals surface area contributed by atoms with Crippen LogP contribution in [0.5, 0.6) is 0 Å². The van der Waals surface area contributed by atoms with Crippen molar-refractivity contribution < 1.29 is 37.3 Å². The molecule has 0 heterocycles. The predicted molar refractivity (Wildman–Crippen MR) is 362 cm³/mol. The lowest BCUT2D eigenvalue weighted by molar-refractivity contribution is -0.870. The molecule has 0 aliphatic heterocycles. The van der Waals surface area contributed by atoms with Gasteiger partial charge < -0.3 is 28.5 Å². The second-order valence-corrected chi connectivity index (χ2v) is 27.2. The molecule has 0 aliphatic rings. The zero-order chi connectivity index (χ0) is 61.4. The first kappa shape index (κ1) is 81.7. The number of amides is 1. The maximum Gasteiger partial charge on any atom is 0.306 e. The second kappa shape index (κ2) is 63.7. The first-order valence-electron chi connectivity index (χ1n) is 36.1. The molecule has 3 unspecified atom stereocenters. The van der Waals surface area contributed by atoms with Crippen molar-refractivity contribution in [2.45, 2.75) is 360 Å². The number of carbonyl (C=O) groups is 2. The summed E-state index contributed by atoms with van der Waals surface area (Å²) in [6.07, 6.45) is 82.1. The first-order chi connectivity index (χ1) is 40.9. The summed E-state index contributed by atoms with van der Waals surface area (Å²) in [6, 6.07) is -0.899. The largest absolute Gasteiger partial charge is 0.756 e. The Labute approximate surface area is 521 Å². The first-order valence-corrected chi connectivity index (χ1v) is 37.6. The maximum absolute atomic E-state index is 13.6. The highest BCUT2D eigenvalue weighted by atomic mass is 31.2. The molecule has 0 aromatic rings. The molecule has 9 nitrogen and oxygen atoms in total. The topological polar surface area (TPSA) is 114 Å². The lowest BCUT2D eigenvalue weighted by Gasteiger charge is -2.30. The number of ether oxygens (including phenoxy) is 1. The van der Waals surface area contributed by atoms with Crippen LogP contribution in [0.1, 0.15) is 348 Å². The summed E-state index contributed by atoms with van der Waals surface area (Å²) in [5.74, 6) is -0.548. The Balaban J connectivity index is 5.06. The van der Waals surface area contributed by atoms with Crippen LogP contribution in [0, 0.1) is 0 Å². The van der Waals surface area contributed by atoms with Crippen molar-refractivity contribution in [1.82, 2.24) is 5.32 Å². The van der Waals surface area contributed by atoms with E-state index >= 15 is 0 Å². The van der Waals surface area contributed by atoms with Crippen LogP contribution in [0.3, 0.4) is 0 Å². The number of esters is 1. The smallest absolute Gasteiger partial charge is 0.306 e. The Hall–Kier alpha value is -2.29. The molecule has 0 saturated heterocycles. The molecule has 0 aromatic carbocycles. The summed E-state index contributed by atoms with van der Waals surface area (Å²) in [6.45, 7) is 6.85. The quantitative estimate of drug-likeness (QED) is 0.0212. The van der Waals surface area contributed by atoms with Gasteiger partial charge in [0.25, 0.3) is 7.82 Å². The minimum absolute atomic E-state index is 0.0261. The summed E-state index contributed by atoms with van der Waals surface area (Å²) in [5.41, 5.74) is 0. The van der Waals surface area contributed by atoms with Gasteiger partial charge in [0.2, 0.25) is 5.91 Å². The monoisotopic (exact) mass is 1200 g/mol. The minimum Gasteiger partial charge on any atom is -0.756 e. The summed E-state index contributed by atoms with van der Waals surface area (Å²) in [5, 5.41) is 3.04. The van der Waals surface area contributed by atoms with Gasteiger partial charge in [-0.1, -0.05) is 319 Å². The molecule has 0 bridgehead atoms. The molecule has 0 spiro atoms. The van der Waals surface area contributed by atoms with Gasteiger partial charge in [-0.05, 0) is 76.7 Å². The van der Waals surface area contributed by atoms with E-state index < -0.39 is 26.6 Å². The standard InChI is InChI=1S/C74H139N2O7P/c1-7-10-13-16-19-22-25-28-30-32-34-36-37-38-39-41-43-45-47-49-52-55-58-61-64-67-74(78)83-72(65-62-59-56-53-50-27-24-21-18-15-12-9-3)71(70-82-84(79,80)81-69-68-76(4,5)6)75-73(77)66-63-60-57-54-51-48-46-44-42-40-35-33-31-29-26-23-20-17-14-11-8-2/h20,23,29,31,35,40,44,46,62,65,71-72H,7-19,21-22,24-28,30,32-34,36-39,41-43,45,47-61,63-64,66-70H2,1-6H3,(H-,75,77,79,80)/b23-20-,31-29-,40-35-,46-44-,65-62+. The second-order valence-electron chi connectivity index (χ2n) is 25.7. The molecule has 0 saturated carbocycles. The Kier molecular flexibility index (Phi) is 62.0. The fourth-order valence-electron chi connectivity index (χ4n) is 10.6. The zero-order valence-corrected chi connectivity index (χ0v) is 57.3. The highest BCUT2D eigenvalue weighted by Crippen LogP contribution is 2.38. The number of allylic oxidation sites excluding steroid dienone is 9. The number of phosphoric ester groups is 1. The number of hydrogen-bond acceptors (Lipinski definition) is 7. The molecule has 0 fully saturated rings. The number of nitrogens with one attached hydrogen (secondary N) is 1. The van der Waals surface area contributed by atoms with Crippen LogP contribution in [-0.4, -0.2) is 69.4 Å². The van der Waals surface area contributed by atoms with Crippen LogP contribution in [0.25, 0.3) is 0 Å². The van der Waals surface area contributed by atoms with Crippen LogP contribution >= 0.6 is 7.82 Å². The van der Waals surface area contributed by atoms with Gasteiger partial charge in [-0.3, -0.25) is 14.2 Å². The molecule has 84 heavy (non-hydrogen) atoms. The fourth-order valence-corrected chi connectivity index (χ4v) is 11.3. The minimum atomic E-state index is -4.71. The van der Waals surface area contributed by atoms with E-state index in [1.165, 1.54) is 218 Å². The van der Waals surface area contributed by atoms with Crippen molar-refractivity contribution in [1.29, 1.82) is 0 Å². The number of unbranched alkanes of at least 4 members (excludes halogenated alkanes) is 42. The summed E-state index contributed by atoms with van der Waals surface area (Å²) in [7, 11) is 1.18. The van der Waals surface area contributed by atoms with Gasteiger partial charge >= 0.3 is 5.97 Å². The average Bonchev–Trinajstić information content (AvgIpc) is 3.64. The summed E-state index contributed by atoms with van der Waals surface area (Å²) in [4.78, 5) is 40.2. The number of carbonyl (C=O) groups excluding carboxylic acids is 2. The number of hydrogen-bond donors (Lipinski definition) is 1. The van der Waals surface area contributed by atoms with Crippen LogP contribution in [0.15, 0.2) is 60.8 Å². The Morgan fingerprint density at radius 2 is 0.726 bits per heavy atom. The van der Waals surface area contributed by atoms with Gasteiger partial charge in [0.15, 0.2) is 0 Å². The van der Waals surface area contributed by atoms with Gasteiger partial charge in [-0.25, -0.2) is 0 Å². The van der Waals surface area contributed by atoms with Crippen LogP contribution < -0.4 is 10.2 Å². The highest BCUT2D eigenvalue weighted by Gasteiger charge is 2.27. The lowest BCUT2D eigenvalue weighted by atomic mass is 10.0. The van der Waals surface area contributed by atoms with Crippen LogP contribution in [0.4, 0.5) is 0 Å².